The number of hydrogen-bond donors (Lipinski definition) is 3. The van der Waals surface area contributed by atoms with E-state index in [4.69, 9.17) is 4.52 Å². The van der Waals surface area contributed by atoms with E-state index in [1.807, 2.05) is 0 Å². The molecule has 0 aromatic carbocycles. The van der Waals surface area contributed by atoms with Gasteiger partial charge >= 0.3 is 0 Å². The fourth-order valence-electron chi connectivity index (χ4n) is 1.49. The molecule has 0 saturated carbocycles. The van der Waals surface area contributed by atoms with Gasteiger partial charge in [-0.1, -0.05) is 5.16 Å². The van der Waals surface area contributed by atoms with E-state index in [1.54, 1.807) is 0 Å². The van der Waals surface area contributed by atoms with Crippen molar-refractivity contribution < 1.29 is 14.4 Å². The molecular weight excluding hydrogens is 200 g/mol. The first-order valence-corrected chi connectivity index (χ1v) is 4.68. The van der Waals surface area contributed by atoms with Gasteiger partial charge in [0.15, 0.2) is 0 Å². The number of carbonyl (C=O) groups excluding carboxylic acids is 1. The third-order valence-electron chi connectivity index (χ3n) is 2.28. The van der Waals surface area contributed by atoms with Gasteiger partial charge in [-0.2, -0.15) is 4.98 Å². The minimum atomic E-state index is -0.398. The molecule has 2 atom stereocenters. The molecule has 1 fully saturated rings. The van der Waals surface area contributed by atoms with Crippen LogP contribution in [0.25, 0.3) is 0 Å². The molecule has 0 unspecified atom stereocenters. The number of nitrogens with zero attached hydrogens (tertiary/aromatic N) is 2. The zero-order valence-electron chi connectivity index (χ0n) is 8.23. The molecule has 0 radical (unpaired) electrons. The lowest BCUT2D eigenvalue weighted by Crippen LogP contribution is -2.19. The number of hydrogen-bond acceptors (Lipinski definition) is 6. The van der Waals surface area contributed by atoms with E-state index < -0.39 is 6.10 Å². The second-order valence-electron chi connectivity index (χ2n) is 3.39. The number of rotatable bonds is 2. The molecule has 15 heavy (non-hydrogen) atoms. The normalized spacial score (nSPS) is 25.5. The van der Waals surface area contributed by atoms with Crippen molar-refractivity contribution in [1.29, 1.82) is 0 Å². The molecule has 0 spiro atoms. The Hall–Kier alpha value is -1.47. The van der Waals surface area contributed by atoms with Crippen molar-refractivity contribution in [3.63, 3.8) is 0 Å². The summed E-state index contributed by atoms with van der Waals surface area (Å²) in [5.41, 5.74) is 0. The van der Waals surface area contributed by atoms with Crippen LogP contribution in [0, 0.1) is 0 Å². The van der Waals surface area contributed by atoms with Crippen molar-refractivity contribution in [2.75, 3.05) is 13.6 Å². The first-order chi connectivity index (χ1) is 7.20. The van der Waals surface area contributed by atoms with Gasteiger partial charge in [0.25, 0.3) is 11.7 Å². The molecule has 1 amide bonds. The van der Waals surface area contributed by atoms with Crippen LogP contribution in [-0.2, 0) is 0 Å². The van der Waals surface area contributed by atoms with Gasteiger partial charge in [-0.15, -0.1) is 0 Å². The summed E-state index contributed by atoms with van der Waals surface area (Å²) in [5, 5.41) is 18.2. The molecule has 0 aliphatic carbocycles. The Morgan fingerprint density at radius 2 is 2.53 bits per heavy atom. The molecular formula is C8H12N4O3. The summed E-state index contributed by atoms with van der Waals surface area (Å²) in [7, 11) is 1.50. The smallest absolute Gasteiger partial charge is 0.292 e. The van der Waals surface area contributed by atoms with Crippen LogP contribution >= 0.6 is 0 Å². The SMILES string of the molecule is CNC(=O)c1noc([C@@H]2C[C@@H](O)CN2)n1. The van der Waals surface area contributed by atoms with E-state index in [-0.39, 0.29) is 17.8 Å². The summed E-state index contributed by atoms with van der Waals surface area (Å²) in [6, 6.07) is -0.161. The third kappa shape index (κ3) is 1.97. The molecule has 1 aromatic heterocycles. The topological polar surface area (TPSA) is 100 Å². The predicted molar refractivity (Wildman–Crippen MR) is 49.1 cm³/mol. The Bertz CT molecular complexity index is 365. The maximum atomic E-state index is 11.1. The number of β-amino-alcohol motifs (C(OH)–C–C–N with tert-alkyl or cyclic N) is 1. The summed E-state index contributed by atoms with van der Waals surface area (Å²) in [5.74, 6) is -0.0376. The Morgan fingerprint density at radius 1 is 1.73 bits per heavy atom. The van der Waals surface area contributed by atoms with E-state index >= 15 is 0 Å². The zero-order chi connectivity index (χ0) is 10.8. The molecule has 1 aliphatic rings. The van der Waals surface area contributed by atoms with Gasteiger partial charge in [-0.05, 0) is 6.42 Å². The van der Waals surface area contributed by atoms with Crippen LogP contribution in [0.4, 0.5) is 0 Å². The fourth-order valence-corrected chi connectivity index (χ4v) is 1.49. The minimum absolute atomic E-state index is 0.00990. The quantitative estimate of drug-likeness (QED) is 0.571. The summed E-state index contributed by atoms with van der Waals surface area (Å²) >= 11 is 0. The number of carbonyl (C=O) groups is 1. The maximum Gasteiger partial charge on any atom is 0.292 e. The van der Waals surface area contributed by atoms with Crippen LogP contribution in [0.15, 0.2) is 4.52 Å². The molecule has 2 heterocycles. The van der Waals surface area contributed by atoms with Crippen molar-refractivity contribution >= 4 is 5.91 Å². The lowest BCUT2D eigenvalue weighted by molar-refractivity contribution is 0.0950. The Balaban J connectivity index is 2.10. The van der Waals surface area contributed by atoms with Crippen LogP contribution < -0.4 is 10.6 Å². The van der Waals surface area contributed by atoms with Gasteiger partial charge in [0, 0.05) is 13.6 Å². The van der Waals surface area contributed by atoms with Crippen LogP contribution in [0.5, 0.6) is 0 Å². The number of amides is 1. The zero-order valence-corrected chi connectivity index (χ0v) is 8.23. The Kier molecular flexibility index (Phi) is 2.65. The van der Waals surface area contributed by atoms with Gasteiger partial charge in [0.2, 0.25) is 5.89 Å². The highest BCUT2D eigenvalue weighted by molar-refractivity contribution is 5.89. The van der Waals surface area contributed by atoms with Crippen molar-refractivity contribution in [3.8, 4) is 0 Å². The van der Waals surface area contributed by atoms with Crippen LogP contribution in [0.1, 0.15) is 29.0 Å². The largest absolute Gasteiger partial charge is 0.392 e. The highest BCUT2D eigenvalue weighted by Gasteiger charge is 2.28. The molecule has 3 N–H and O–H groups in total. The second-order valence-corrected chi connectivity index (χ2v) is 3.39. The molecule has 1 saturated heterocycles. The van der Waals surface area contributed by atoms with Gasteiger partial charge in [-0.3, -0.25) is 4.79 Å². The van der Waals surface area contributed by atoms with E-state index in [9.17, 15) is 9.90 Å². The molecule has 2 rings (SSSR count). The van der Waals surface area contributed by atoms with Crippen LogP contribution in [-0.4, -0.2) is 40.9 Å². The second kappa shape index (κ2) is 3.95. The highest BCUT2D eigenvalue weighted by atomic mass is 16.5. The maximum absolute atomic E-state index is 11.1. The van der Waals surface area contributed by atoms with Gasteiger partial charge in [0.1, 0.15) is 0 Å². The summed E-state index contributed by atoms with van der Waals surface area (Å²) in [4.78, 5) is 15.1. The Morgan fingerprint density at radius 3 is 3.13 bits per heavy atom. The minimum Gasteiger partial charge on any atom is -0.392 e. The van der Waals surface area contributed by atoms with E-state index in [0.717, 1.165) is 0 Å². The van der Waals surface area contributed by atoms with E-state index in [0.29, 0.717) is 18.9 Å². The van der Waals surface area contributed by atoms with Crippen molar-refractivity contribution in [2.24, 2.45) is 0 Å². The van der Waals surface area contributed by atoms with Gasteiger partial charge in [0.05, 0.1) is 12.1 Å². The average Bonchev–Trinajstić information content (AvgIpc) is 2.84. The van der Waals surface area contributed by atoms with E-state index in [2.05, 4.69) is 20.8 Å². The summed E-state index contributed by atoms with van der Waals surface area (Å²) in [6.07, 6.45) is 0.125. The molecule has 1 aromatic rings. The van der Waals surface area contributed by atoms with Crippen LogP contribution in [0.3, 0.4) is 0 Å². The van der Waals surface area contributed by atoms with Crippen LogP contribution in [0.2, 0.25) is 0 Å². The lowest BCUT2D eigenvalue weighted by atomic mass is 10.2. The highest BCUT2D eigenvalue weighted by Crippen LogP contribution is 2.21. The van der Waals surface area contributed by atoms with Crippen molar-refractivity contribution in [1.82, 2.24) is 20.8 Å². The van der Waals surface area contributed by atoms with Gasteiger partial charge < -0.3 is 20.3 Å². The number of nitrogens with one attached hydrogen (secondary N) is 2. The molecule has 0 bridgehead atoms. The molecule has 82 valence electrons. The molecule has 7 heteroatoms. The number of aliphatic hydroxyl groups excluding tert-OH is 1. The number of aromatic nitrogens is 2. The average molecular weight is 212 g/mol. The predicted octanol–water partition coefficient (Wildman–Crippen LogP) is -1.18. The van der Waals surface area contributed by atoms with E-state index in [1.165, 1.54) is 7.05 Å². The summed E-state index contributed by atoms with van der Waals surface area (Å²) < 4.78 is 4.92. The van der Waals surface area contributed by atoms with Gasteiger partial charge in [-0.25, -0.2) is 0 Å². The third-order valence-corrected chi connectivity index (χ3v) is 2.28. The molecule has 7 nitrogen and oxygen atoms in total. The standard InChI is InChI=1S/C8H12N4O3/c1-9-7(14)6-11-8(15-12-6)5-2-4(13)3-10-5/h4-5,10,13H,2-3H2,1H3,(H,9,14)/t4-,5+/m1/s1. The monoisotopic (exact) mass is 212 g/mol. The fraction of sp³-hybridized carbons (Fsp3) is 0.625. The van der Waals surface area contributed by atoms with Crippen molar-refractivity contribution in [3.05, 3.63) is 11.7 Å². The summed E-state index contributed by atoms with van der Waals surface area (Å²) in [6.45, 7) is 0.502. The molecule has 1 aliphatic heterocycles. The Labute approximate surface area is 85.9 Å². The van der Waals surface area contributed by atoms with Crippen molar-refractivity contribution in [2.45, 2.75) is 18.6 Å². The first kappa shape index (κ1) is 10.1. The lowest BCUT2D eigenvalue weighted by Gasteiger charge is -2.01. The first-order valence-electron chi connectivity index (χ1n) is 4.68. The number of aliphatic hydroxyl groups is 1.